The summed E-state index contributed by atoms with van der Waals surface area (Å²) in [5.41, 5.74) is 1.37. The number of rotatable bonds is 5. The zero-order valence-corrected chi connectivity index (χ0v) is 15.4. The molecule has 144 valence electrons. The quantitative estimate of drug-likeness (QED) is 0.715. The fraction of sp³-hybridized carbons (Fsp3) is 0.286. The molecule has 2 aromatic carbocycles. The van der Waals surface area contributed by atoms with Gasteiger partial charge in [0, 0.05) is 24.6 Å². The molecule has 3 aromatic rings. The van der Waals surface area contributed by atoms with E-state index in [2.05, 4.69) is 25.4 Å². The first-order chi connectivity index (χ1) is 13.7. The van der Waals surface area contributed by atoms with Gasteiger partial charge in [0.25, 0.3) is 0 Å². The van der Waals surface area contributed by atoms with Gasteiger partial charge in [0.1, 0.15) is 11.6 Å². The van der Waals surface area contributed by atoms with Gasteiger partial charge < -0.3 is 15.2 Å². The third-order valence-corrected chi connectivity index (χ3v) is 4.96. The Morgan fingerprint density at radius 2 is 1.86 bits per heavy atom. The van der Waals surface area contributed by atoms with Crippen LogP contribution in [-0.4, -0.2) is 33.3 Å². The van der Waals surface area contributed by atoms with E-state index in [1.807, 2.05) is 30.3 Å². The van der Waals surface area contributed by atoms with Gasteiger partial charge in [-0.25, -0.2) is 4.39 Å². The van der Waals surface area contributed by atoms with Gasteiger partial charge in [0.15, 0.2) is 5.82 Å². The van der Waals surface area contributed by atoms with Crippen LogP contribution < -0.4 is 10.6 Å². The zero-order chi connectivity index (χ0) is 19.3. The molecule has 7 heteroatoms. The number of para-hydroxylation sites is 1. The van der Waals surface area contributed by atoms with Gasteiger partial charge in [0.2, 0.25) is 5.91 Å². The molecule has 2 heterocycles. The molecule has 0 saturated carbocycles. The van der Waals surface area contributed by atoms with Crippen molar-refractivity contribution in [3.05, 3.63) is 66.2 Å². The van der Waals surface area contributed by atoms with Crippen LogP contribution in [0, 0.1) is 5.82 Å². The van der Waals surface area contributed by atoms with Crippen LogP contribution in [0.1, 0.15) is 18.7 Å². The van der Waals surface area contributed by atoms with Gasteiger partial charge in [0.05, 0.1) is 12.2 Å². The Morgan fingerprint density at radius 3 is 2.68 bits per heavy atom. The Balaban J connectivity index is 1.35. The third kappa shape index (κ3) is 4.03. The zero-order valence-electron chi connectivity index (χ0n) is 15.4. The molecule has 1 amide bonds. The highest BCUT2D eigenvalue weighted by Gasteiger charge is 2.22. The number of nitrogens with one attached hydrogen (secondary N) is 2. The molecule has 6 nitrogen and oxygen atoms in total. The number of carbonyl (C=O) groups is 1. The second-order valence-electron chi connectivity index (χ2n) is 6.88. The fourth-order valence-corrected chi connectivity index (χ4v) is 3.49. The first-order valence-electron chi connectivity index (χ1n) is 9.46. The van der Waals surface area contributed by atoms with Crippen LogP contribution >= 0.6 is 0 Å². The van der Waals surface area contributed by atoms with Crippen molar-refractivity contribution in [1.29, 1.82) is 0 Å². The number of anilines is 1. The van der Waals surface area contributed by atoms with E-state index >= 15 is 0 Å². The monoisotopic (exact) mass is 379 g/mol. The van der Waals surface area contributed by atoms with E-state index in [0.717, 1.165) is 43.0 Å². The summed E-state index contributed by atoms with van der Waals surface area (Å²) in [5, 5.41) is 14.6. The Kier molecular flexibility index (Phi) is 5.32. The topological polar surface area (TPSA) is 71.8 Å². The molecule has 1 unspecified atom stereocenters. The van der Waals surface area contributed by atoms with E-state index in [1.54, 1.807) is 18.2 Å². The highest BCUT2D eigenvalue weighted by Crippen LogP contribution is 2.22. The molecule has 1 atom stereocenters. The molecule has 0 radical (unpaired) electrons. The Labute approximate surface area is 162 Å². The predicted octanol–water partition coefficient (Wildman–Crippen LogP) is 3.02. The van der Waals surface area contributed by atoms with Crippen molar-refractivity contribution in [1.82, 2.24) is 20.1 Å². The number of halogens is 1. The van der Waals surface area contributed by atoms with Crippen LogP contribution in [0.2, 0.25) is 0 Å². The van der Waals surface area contributed by atoms with Gasteiger partial charge >= 0.3 is 0 Å². The molecule has 0 aliphatic carbocycles. The maximum Gasteiger partial charge on any atom is 0.239 e. The van der Waals surface area contributed by atoms with Crippen LogP contribution in [0.15, 0.2) is 54.6 Å². The molecule has 4 rings (SSSR count). The lowest BCUT2D eigenvalue weighted by Crippen LogP contribution is -2.38. The Hall–Kier alpha value is -3.22. The average Bonchev–Trinajstić information content (AvgIpc) is 3.03. The molecule has 28 heavy (non-hydrogen) atoms. The summed E-state index contributed by atoms with van der Waals surface area (Å²) in [5.74, 6) is 1.30. The number of amides is 1. The first kappa shape index (κ1) is 18.2. The van der Waals surface area contributed by atoms with Crippen LogP contribution in [0.25, 0.3) is 11.4 Å². The van der Waals surface area contributed by atoms with Crippen molar-refractivity contribution in [2.45, 2.75) is 31.8 Å². The highest BCUT2D eigenvalue weighted by atomic mass is 19.1. The van der Waals surface area contributed by atoms with Crippen molar-refractivity contribution in [2.24, 2.45) is 0 Å². The van der Waals surface area contributed by atoms with Crippen molar-refractivity contribution in [3.63, 3.8) is 0 Å². The van der Waals surface area contributed by atoms with Crippen LogP contribution in [-0.2, 0) is 17.8 Å². The van der Waals surface area contributed by atoms with Crippen molar-refractivity contribution in [2.75, 3.05) is 11.9 Å². The van der Waals surface area contributed by atoms with Crippen LogP contribution in [0.5, 0.6) is 0 Å². The molecule has 0 fully saturated rings. The largest absolute Gasteiger partial charge is 0.374 e. The SMILES string of the molecule is O=C(CNc1ccccc1F)NC1CCc2nnc(-c3ccccc3)n2CC1. The normalized spacial score (nSPS) is 16.1. The number of aryl methyl sites for hydroxylation is 1. The molecule has 1 aromatic heterocycles. The maximum atomic E-state index is 13.6. The molecular weight excluding hydrogens is 357 g/mol. The number of benzene rings is 2. The average molecular weight is 379 g/mol. The second-order valence-corrected chi connectivity index (χ2v) is 6.88. The van der Waals surface area contributed by atoms with E-state index in [0.29, 0.717) is 5.69 Å². The summed E-state index contributed by atoms with van der Waals surface area (Å²) in [6.07, 6.45) is 2.36. The lowest BCUT2D eigenvalue weighted by atomic mass is 10.1. The number of carbonyl (C=O) groups excluding carboxylic acids is 1. The van der Waals surface area contributed by atoms with E-state index in [-0.39, 0.29) is 24.3 Å². The first-order valence-corrected chi connectivity index (χ1v) is 9.46. The number of fused-ring (bicyclic) bond motifs is 1. The van der Waals surface area contributed by atoms with Crippen LogP contribution in [0.4, 0.5) is 10.1 Å². The maximum absolute atomic E-state index is 13.6. The summed E-state index contributed by atoms with van der Waals surface area (Å²) >= 11 is 0. The standard InChI is InChI=1S/C21H22FN5O/c22-17-8-4-5-9-18(17)23-14-20(28)24-16-10-11-19-25-26-21(27(19)13-12-16)15-6-2-1-3-7-15/h1-9,16,23H,10-14H2,(H,24,28). The fourth-order valence-electron chi connectivity index (χ4n) is 3.49. The van der Waals surface area contributed by atoms with Crippen LogP contribution in [0.3, 0.4) is 0 Å². The molecule has 0 spiro atoms. The predicted molar refractivity (Wildman–Crippen MR) is 105 cm³/mol. The Morgan fingerprint density at radius 1 is 1.07 bits per heavy atom. The highest BCUT2D eigenvalue weighted by molar-refractivity contribution is 5.81. The molecular formula is C21H22FN5O. The summed E-state index contributed by atoms with van der Waals surface area (Å²) in [6.45, 7) is 0.789. The van der Waals surface area contributed by atoms with Gasteiger partial charge in [-0.1, -0.05) is 42.5 Å². The van der Waals surface area contributed by atoms with Crippen molar-refractivity contribution in [3.8, 4) is 11.4 Å². The number of hydrogen-bond acceptors (Lipinski definition) is 4. The Bertz CT molecular complexity index is 956. The summed E-state index contributed by atoms with van der Waals surface area (Å²) in [4.78, 5) is 12.3. The van der Waals surface area contributed by atoms with Crippen molar-refractivity contribution < 1.29 is 9.18 Å². The summed E-state index contributed by atoms with van der Waals surface area (Å²) < 4.78 is 15.8. The summed E-state index contributed by atoms with van der Waals surface area (Å²) in [6, 6.07) is 16.4. The van der Waals surface area contributed by atoms with E-state index in [4.69, 9.17) is 0 Å². The molecule has 1 aliphatic rings. The van der Waals surface area contributed by atoms with E-state index < -0.39 is 0 Å². The lowest BCUT2D eigenvalue weighted by Gasteiger charge is -2.17. The smallest absolute Gasteiger partial charge is 0.239 e. The summed E-state index contributed by atoms with van der Waals surface area (Å²) in [7, 11) is 0. The third-order valence-electron chi connectivity index (χ3n) is 4.96. The van der Waals surface area contributed by atoms with E-state index in [1.165, 1.54) is 6.07 Å². The van der Waals surface area contributed by atoms with E-state index in [9.17, 15) is 9.18 Å². The number of nitrogens with zero attached hydrogens (tertiary/aromatic N) is 3. The minimum Gasteiger partial charge on any atom is -0.374 e. The minimum absolute atomic E-state index is 0.0405. The van der Waals surface area contributed by atoms with Crippen molar-refractivity contribution >= 4 is 11.6 Å². The van der Waals surface area contributed by atoms with Gasteiger partial charge in [-0.2, -0.15) is 0 Å². The van der Waals surface area contributed by atoms with Gasteiger partial charge in [-0.3, -0.25) is 4.79 Å². The second kappa shape index (κ2) is 8.21. The van der Waals surface area contributed by atoms with Gasteiger partial charge in [-0.05, 0) is 25.0 Å². The molecule has 1 aliphatic heterocycles. The van der Waals surface area contributed by atoms with Gasteiger partial charge in [-0.15, -0.1) is 10.2 Å². The lowest BCUT2D eigenvalue weighted by molar-refractivity contribution is -0.120. The number of aromatic nitrogens is 3. The molecule has 0 saturated heterocycles. The number of hydrogen-bond donors (Lipinski definition) is 2. The minimum atomic E-state index is -0.365. The molecule has 2 N–H and O–H groups in total. The molecule has 0 bridgehead atoms.